The lowest BCUT2D eigenvalue weighted by atomic mass is 9.80. The number of hydrogen-bond donors (Lipinski definition) is 2. The summed E-state index contributed by atoms with van der Waals surface area (Å²) in [4.78, 5) is 27.1. The van der Waals surface area contributed by atoms with Gasteiger partial charge < -0.3 is 10.6 Å². The van der Waals surface area contributed by atoms with Gasteiger partial charge in [0.25, 0.3) is 12.3 Å². The van der Waals surface area contributed by atoms with Gasteiger partial charge >= 0.3 is 0 Å². The fraction of sp³-hybridized carbons (Fsp3) is 0.429. The minimum Gasteiger partial charge on any atom is -0.342 e. The Morgan fingerprint density at radius 2 is 2.10 bits per heavy atom. The lowest BCUT2D eigenvalue weighted by molar-refractivity contribution is 0.0554. The van der Waals surface area contributed by atoms with Gasteiger partial charge in [0, 0.05) is 42.3 Å². The van der Waals surface area contributed by atoms with E-state index < -0.39 is 12.0 Å². The van der Waals surface area contributed by atoms with Crippen LogP contribution in [0.3, 0.4) is 0 Å². The van der Waals surface area contributed by atoms with Gasteiger partial charge in [-0.15, -0.1) is 0 Å². The van der Waals surface area contributed by atoms with Gasteiger partial charge in [0.2, 0.25) is 0 Å². The van der Waals surface area contributed by atoms with Gasteiger partial charge in [-0.05, 0) is 43.0 Å². The summed E-state index contributed by atoms with van der Waals surface area (Å²) in [7, 11) is 0. The van der Waals surface area contributed by atoms with Crippen molar-refractivity contribution in [1.29, 1.82) is 0 Å². The maximum absolute atomic E-state index is 12.8. The molecule has 1 spiro atoms. The minimum atomic E-state index is -2.35. The van der Waals surface area contributed by atoms with E-state index in [1.807, 2.05) is 25.3 Å². The Labute approximate surface area is 172 Å². The third-order valence-corrected chi connectivity index (χ3v) is 6.16. The molecule has 3 aliphatic rings. The smallest absolute Gasteiger partial charge is 0.252 e. The lowest BCUT2D eigenvalue weighted by Crippen LogP contribution is -2.50. The highest BCUT2D eigenvalue weighted by Gasteiger charge is 2.45. The SMILES string of the molecule is Cc1cc(Nc2ncncc2C2C=N2)cc2c1C(=O)NC21CCN(CC(F)F)CC1. The van der Waals surface area contributed by atoms with Crippen LogP contribution in [-0.2, 0) is 5.54 Å². The van der Waals surface area contributed by atoms with Crippen molar-refractivity contribution < 1.29 is 13.6 Å². The van der Waals surface area contributed by atoms with Crippen molar-refractivity contribution in [3.8, 4) is 0 Å². The second kappa shape index (κ2) is 7.09. The van der Waals surface area contributed by atoms with E-state index in [0.29, 0.717) is 37.3 Å². The lowest BCUT2D eigenvalue weighted by Gasteiger charge is -2.40. The number of carbonyl (C=O) groups excluding carboxylic acids is 1. The molecule has 4 heterocycles. The molecule has 1 saturated heterocycles. The second-order valence-electron chi connectivity index (χ2n) is 8.14. The van der Waals surface area contributed by atoms with E-state index in [1.54, 1.807) is 11.1 Å². The number of benzene rings is 1. The number of nitrogens with zero attached hydrogens (tertiary/aromatic N) is 4. The van der Waals surface area contributed by atoms with E-state index in [0.717, 1.165) is 22.4 Å². The Bertz CT molecular complexity index is 1030. The molecule has 0 aliphatic carbocycles. The Morgan fingerprint density at radius 3 is 2.80 bits per heavy atom. The predicted molar refractivity (Wildman–Crippen MR) is 109 cm³/mol. The number of likely N-dealkylation sites (tertiary alicyclic amines) is 1. The van der Waals surface area contributed by atoms with Crippen molar-refractivity contribution in [3.05, 3.63) is 46.9 Å². The highest BCUT2D eigenvalue weighted by Crippen LogP contribution is 2.42. The maximum Gasteiger partial charge on any atom is 0.252 e. The largest absolute Gasteiger partial charge is 0.342 e. The van der Waals surface area contributed by atoms with Gasteiger partial charge in [-0.1, -0.05) is 0 Å². The molecular formula is C21H22F2N6O. The van der Waals surface area contributed by atoms with Gasteiger partial charge in [0.15, 0.2) is 0 Å². The molecule has 1 atom stereocenters. The molecule has 156 valence electrons. The standard InChI is InChI=1S/C21H22F2N6O/c1-12-6-13(27-19-14(16-9-25-16)8-24-11-26-19)7-15-18(12)20(30)28-21(15)2-4-29(5-3-21)10-17(22)23/h6-9,11,16-17H,2-5,10H2,1H3,(H,28,30)(H,24,26,27). The van der Waals surface area contributed by atoms with Crippen molar-refractivity contribution in [2.75, 3.05) is 25.0 Å². The number of carbonyl (C=O) groups is 1. The number of anilines is 2. The van der Waals surface area contributed by atoms with Crippen LogP contribution in [0, 0.1) is 6.92 Å². The van der Waals surface area contributed by atoms with Crippen LogP contribution in [0.25, 0.3) is 0 Å². The monoisotopic (exact) mass is 412 g/mol. The third-order valence-electron chi connectivity index (χ3n) is 6.16. The molecule has 1 aromatic heterocycles. The van der Waals surface area contributed by atoms with Crippen LogP contribution in [0.15, 0.2) is 29.6 Å². The maximum atomic E-state index is 12.8. The van der Waals surface area contributed by atoms with Gasteiger partial charge in [0.05, 0.1) is 12.1 Å². The van der Waals surface area contributed by atoms with Gasteiger partial charge in [0.1, 0.15) is 18.2 Å². The van der Waals surface area contributed by atoms with Crippen LogP contribution in [-0.4, -0.2) is 53.0 Å². The Hall–Kier alpha value is -2.94. The Morgan fingerprint density at radius 1 is 1.33 bits per heavy atom. The number of nitrogens with one attached hydrogen (secondary N) is 2. The fourth-order valence-corrected chi connectivity index (χ4v) is 4.59. The Kier molecular flexibility index (Phi) is 4.50. The molecule has 3 aliphatic heterocycles. The minimum absolute atomic E-state index is 0.0120. The average Bonchev–Trinajstić information content (AvgIpc) is 3.50. The predicted octanol–water partition coefficient (Wildman–Crippen LogP) is 2.95. The molecule has 1 amide bonds. The van der Waals surface area contributed by atoms with Crippen molar-refractivity contribution in [1.82, 2.24) is 20.2 Å². The molecule has 5 rings (SSSR count). The normalized spacial score (nSPS) is 21.7. The number of fused-ring (bicyclic) bond motifs is 2. The van der Waals surface area contributed by atoms with Crippen LogP contribution in [0.4, 0.5) is 20.3 Å². The van der Waals surface area contributed by atoms with E-state index in [2.05, 4.69) is 25.6 Å². The van der Waals surface area contributed by atoms with Crippen LogP contribution >= 0.6 is 0 Å². The zero-order chi connectivity index (χ0) is 20.9. The first-order chi connectivity index (χ1) is 14.4. The van der Waals surface area contributed by atoms with E-state index in [9.17, 15) is 13.6 Å². The molecule has 0 saturated carbocycles. The Balaban J connectivity index is 1.45. The molecule has 2 N–H and O–H groups in total. The van der Waals surface area contributed by atoms with Crippen LogP contribution < -0.4 is 10.6 Å². The van der Waals surface area contributed by atoms with Gasteiger partial charge in [-0.2, -0.15) is 0 Å². The summed E-state index contributed by atoms with van der Waals surface area (Å²) in [6.45, 7) is 2.74. The number of aliphatic imine (C=N–C) groups is 1. The number of amides is 1. The fourth-order valence-electron chi connectivity index (χ4n) is 4.59. The summed E-state index contributed by atoms with van der Waals surface area (Å²) in [6.07, 6.45) is 3.94. The molecule has 7 nitrogen and oxygen atoms in total. The van der Waals surface area contributed by atoms with Gasteiger partial charge in [-0.3, -0.25) is 14.7 Å². The van der Waals surface area contributed by atoms with Crippen molar-refractivity contribution in [2.24, 2.45) is 4.99 Å². The van der Waals surface area contributed by atoms with Crippen molar-refractivity contribution in [2.45, 2.75) is 37.8 Å². The molecule has 30 heavy (non-hydrogen) atoms. The molecule has 2 aromatic rings. The first kappa shape index (κ1) is 19.0. The van der Waals surface area contributed by atoms with E-state index in [1.165, 1.54) is 6.33 Å². The molecule has 0 bridgehead atoms. The number of alkyl halides is 2. The number of aryl methyl sites for hydroxylation is 1. The van der Waals surface area contributed by atoms with Crippen LogP contribution in [0.2, 0.25) is 0 Å². The van der Waals surface area contributed by atoms with E-state index in [4.69, 9.17) is 0 Å². The summed E-state index contributed by atoms with van der Waals surface area (Å²) in [5.41, 5.74) is 3.72. The van der Waals surface area contributed by atoms with Gasteiger partial charge in [-0.25, -0.2) is 18.7 Å². The number of halogens is 2. The first-order valence-corrected chi connectivity index (χ1v) is 10.0. The molecular weight excluding hydrogens is 390 g/mol. The molecule has 1 unspecified atom stereocenters. The third kappa shape index (κ3) is 3.32. The average molecular weight is 412 g/mol. The highest BCUT2D eigenvalue weighted by atomic mass is 19.3. The number of piperidine rings is 1. The topological polar surface area (TPSA) is 82.5 Å². The zero-order valence-electron chi connectivity index (χ0n) is 16.5. The van der Waals surface area contributed by atoms with Crippen LogP contribution in [0.5, 0.6) is 0 Å². The molecule has 9 heteroatoms. The molecule has 0 radical (unpaired) electrons. The number of rotatable bonds is 5. The summed E-state index contributed by atoms with van der Waals surface area (Å²) in [6, 6.07) is 3.93. The van der Waals surface area contributed by atoms with Crippen LogP contribution in [0.1, 0.15) is 45.9 Å². The van der Waals surface area contributed by atoms with Crippen molar-refractivity contribution >= 4 is 23.6 Å². The summed E-state index contributed by atoms with van der Waals surface area (Å²) in [5, 5.41) is 6.51. The second-order valence-corrected chi connectivity index (χ2v) is 8.14. The summed E-state index contributed by atoms with van der Waals surface area (Å²) in [5.74, 6) is 0.593. The highest BCUT2D eigenvalue weighted by molar-refractivity contribution is 6.02. The zero-order valence-corrected chi connectivity index (χ0v) is 16.5. The molecule has 1 aromatic carbocycles. The van der Waals surface area contributed by atoms with E-state index >= 15 is 0 Å². The summed E-state index contributed by atoms with van der Waals surface area (Å²) < 4.78 is 25.5. The number of hydrogen-bond acceptors (Lipinski definition) is 6. The van der Waals surface area contributed by atoms with Crippen molar-refractivity contribution in [3.63, 3.8) is 0 Å². The quantitative estimate of drug-likeness (QED) is 0.789. The number of aromatic nitrogens is 2. The van der Waals surface area contributed by atoms with E-state index in [-0.39, 0.29) is 18.5 Å². The first-order valence-electron chi connectivity index (χ1n) is 10.0. The molecule has 1 fully saturated rings. The summed E-state index contributed by atoms with van der Waals surface area (Å²) >= 11 is 0.